The molecule has 6 heteroatoms. The van der Waals surface area contributed by atoms with Gasteiger partial charge in [0.1, 0.15) is 23.2 Å². The topological polar surface area (TPSA) is 92.3 Å². The zero-order valence-corrected chi connectivity index (χ0v) is 15.9. The van der Waals surface area contributed by atoms with Crippen molar-refractivity contribution in [3.05, 3.63) is 83.1 Å². The number of nitriles is 1. The largest absolute Gasteiger partial charge is 0.465 e. The molecule has 0 saturated heterocycles. The number of carbonyl (C=O) groups is 2. The van der Waals surface area contributed by atoms with Crippen molar-refractivity contribution >= 4 is 23.6 Å². The Morgan fingerprint density at radius 2 is 1.83 bits per heavy atom. The Bertz CT molecular complexity index is 1120. The molecule has 1 amide bonds. The number of furan rings is 1. The van der Waals surface area contributed by atoms with Gasteiger partial charge in [-0.1, -0.05) is 30.3 Å². The number of para-hydroxylation sites is 1. The van der Waals surface area contributed by atoms with Crippen LogP contribution in [0.3, 0.4) is 0 Å². The summed E-state index contributed by atoms with van der Waals surface area (Å²) in [5.74, 6) is -0.0937. The molecular weight excluding hydrogens is 368 g/mol. The predicted octanol–water partition coefficient (Wildman–Crippen LogP) is 4.59. The molecule has 0 fully saturated rings. The highest BCUT2D eigenvalue weighted by molar-refractivity contribution is 6.09. The van der Waals surface area contributed by atoms with E-state index in [0.29, 0.717) is 28.3 Å². The summed E-state index contributed by atoms with van der Waals surface area (Å²) in [5.41, 5.74) is 2.38. The predicted molar refractivity (Wildman–Crippen MR) is 109 cm³/mol. The summed E-state index contributed by atoms with van der Waals surface area (Å²) >= 11 is 0. The average Bonchev–Trinajstić information content (AvgIpc) is 3.20. The van der Waals surface area contributed by atoms with E-state index in [1.807, 2.05) is 18.2 Å². The van der Waals surface area contributed by atoms with Crippen molar-refractivity contribution in [1.29, 1.82) is 5.26 Å². The fourth-order valence-electron chi connectivity index (χ4n) is 2.82. The molecular formula is C23H18N2O4. The maximum absolute atomic E-state index is 12.3. The molecule has 0 spiro atoms. The van der Waals surface area contributed by atoms with E-state index in [1.54, 1.807) is 55.5 Å². The summed E-state index contributed by atoms with van der Waals surface area (Å²) in [4.78, 5) is 24.2. The van der Waals surface area contributed by atoms with Crippen molar-refractivity contribution < 1.29 is 18.7 Å². The van der Waals surface area contributed by atoms with Crippen LogP contribution in [0, 0.1) is 18.3 Å². The maximum Gasteiger partial charge on any atom is 0.338 e. The standard InChI is InChI=1S/C23H18N2O4/c1-15-19(9-6-10-20(15)23(27)28-2)21-12-11-18(29-21)13-16(14-24)22(26)25-17-7-4-3-5-8-17/h3-13H,1-2H3,(H,25,26)/b16-13-. The number of nitrogens with one attached hydrogen (secondary N) is 1. The van der Waals surface area contributed by atoms with E-state index in [-0.39, 0.29) is 5.57 Å². The lowest BCUT2D eigenvalue weighted by atomic mass is 10.0. The summed E-state index contributed by atoms with van der Waals surface area (Å²) in [7, 11) is 1.33. The van der Waals surface area contributed by atoms with Crippen LogP contribution < -0.4 is 5.32 Å². The fraction of sp³-hybridized carbons (Fsp3) is 0.0870. The quantitative estimate of drug-likeness (QED) is 0.393. The van der Waals surface area contributed by atoms with Crippen molar-refractivity contribution in [2.75, 3.05) is 12.4 Å². The SMILES string of the molecule is COC(=O)c1cccc(-c2ccc(/C=C(/C#N)C(=O)Nc3ccccc3)o2)c1C. The fourth-order valence-corrected chi connectivity index (χ4v) is 2.82. The third kappa shape index (κ3) is 4.42. The third-order valence-electron chi connectivity index (χ3n) is 4.31. The molecule has 3 aromatic rings. The smallest absolute Gasteiger partial charge is 0.338 e. The maximum atomic E-state index is 12.3. The van der Waals surface area contributed by atoms with Crippen LogP contribution in [0.5, 0.6) is 0 Å². The molecule has 1 N–H and O–H groups in total. The first-order valence-corrected chi connectivity index (χ1v) is 8.80. The average molecular weight is 386 g/mol. The van der Waals surface area contributed by atoms with E-state index in [9.17, 15) is 14.9 Å². The van der Waals surface area contributed by atoms with Crippen molar-refractivity contribution in [3.63, 3.8) is 0 Å². The Labute approximate surface area is 168 Å². The van der Waals surface area contributed by atoms with Gasteiger partial charge in [0.05, 0.1) is 12.7 Å². The summed E-state index contributed by atoms with van der Waals surface area (Å²) < 4.78 is 10.6. The van der Waals surface area contributed by atoms with Crippen molar-refractivity contribution in [1.82, 2.24) is 0 Å². The highest BCUT2D eigenvalue weighted by atomic mass is 16.5. The zero-order valence-electron chi connectivity index (χ0n) is 15.9. The van der Waals surface area contributed by atoms with E-state index in [2.05, 4.69) is 5.32 Å². The zero-order chi connectivity index (χ0) is 20.8. The second-order valence-electron chi connectivity index (χ2n) is 6.16. The van der Waals surface area contributed by atoms with Gasteiger partial charge in [0.15, 0.2) is 0 Å². The number of benzene rings is 2. The lowest BCUT2D eigenvalue weighted by Crippen LogP contribution is -2.13. The molecule has 0 radical (unpaired) electrons. The molecule has 29 heavy (non-hydrogen) atoms. The molecule has 0 aliphatic heterocycles. The first-order chi connectivity index (χ1) is 14.0. The number of hydrogen-bond donors (Lipinski definition) is 1. The second-order valence-corrected chi connectivity index (χ2v) is 6.16. The molecule has 0 aliphatic rings. The normalized spacial score (nSPS) is 10.9. The summed E-state index contributed by atoms with van der Waals surface area (Å²) in [6.07, 6.45) is 1.38. The summed E-state index contributed by atoms with van der Waals surface area (Å²) in [5, 5.41) is 12.0. The number of ether oxygens (including phenoxy) is 1. The van der Waals surface area contributed by atoms with Gasteiger partial charge in [-0.25, -0.2) is 4.79 Å². The van der Waals surface area contributed by atoms with E-state index in [1.165, 1.54) is 13.2 Å². The number of hydrogen-bond acceptors (Lipinski definition) is 5. The number of carbonyl (C=O) groups excluding carboxylic acids is 2. The molecule has 1 aromatic heterocycles. The van der Waals surface area contributed by atoms with Gasteiger partial charge in [-0.05, 0) is 42.8 Å². The molecule has 2 aromatic carbocycles. The van der Waals surface area contributed by atoms with Crippen LogP contribution in [0.1, 0.15) is 21.7 Å². The van der Waals surface area contributed by atoms with Crippen LogP contribution in [0.15, 0.2) is 70.7 Å². The van der Waals surface area contributed by atoms with Gasteiger partial charge in [-0.2, -0.15) is 5.26 Å². The third-order valence-corrected chi connectivity index (χ3v) is 4.31. The van der Waals surface area contributed by atoms with E-state index in [4.69, 9.17) is 9.15 Å². The van der Waals surface area contributed by atoms with E-state index >= 15 is 0 Å². The van der Waals surface area contributed by atoms with Crippen LogP contribution in [-0.2, 0) is 9.53 Å². The summed E-state index contributed by atoms with van der Waals surface area (Å²) in [6.45, 7) is 1.80. The van der Waals surface area contributed by atoms with Crippen molar-refractivity contribution in [2.45, 2.75) is 6.92 Å². The highest BCUT2D eigenvalue weighted by Crippen LogP contribution is 2.28. The van der Waals surface area contributed by atoms with Crippen LogP contribution in [0.25, 0.3) is 17.4 Å². The number of methoxy groups -OCH3 is 1. The summed E-state index contributed by atoms with van der Waals surface area (Å²) in [6, 6.07) is 19.4. The van der Waals surface area contributed by atoms with Crippen LogP contribution in [-0.4, -0.2) is 19.0 Å². The van der Waals surface area contributed by atoms with Gasteiger partial charge < -0.3 is 14.5 Å². The minimum Gasteiger partial charge on any atom is -0.465 e. The van der Waals surface area contributed by atoms with Crippen LogP contribution in [0.2, 0.25) is 0 Å². The van der Waals surface area contributed by atoms with Gasteiger partial charge in [-0.3, -0.25) is 4.79 Å². The first-order valence-electron chi connectivity index (χ1n) is 8.80. The number of amides is 1. The number of nitrogens with zero attached hydrogens (tertiary/aromatic N) is 1. The first kappa shape index (κ1) is 19.6. The second kappa shape index (κ2) is 8.72. The van der Waals surface area contributed by atoms with Crippen molar-refractivity contribution in [2.24, 2.45) is 0 Å². The number of esters is 1. The van der Waals surface area contributed by atoms with Crippen molar-refractivity contribution in [3.8, 4) is 17.4 Å². The molecule has 0 atom stereocenters. The van der Waals surface area contributed by atoms with Gasteiger partial charge >= 0.3 is 5.97 Å². The molecule has 1 heterocycles. The lowest BCUT2D eigenvalue weighted by molar-refractivity contribution is -0.112. The van der Waals surface area contributed by atoms with Crippen LogP contribution in [0.4, 0.5) is 5.69 Å². The molecule has 0 saturated carbocycles. The minimum atomic E-state index is -0.527. The highest BCUT2D eigenvalue weighted by Gasteiger charge is 2.16. The monoisotopic (exact) mass is 386 g/mol. The van der Waals surface area contributed by atoms with Gasteiger partial charge in [0.25, 0.3) is 5.91 Å². The molecule has 0 bridgehead atoms. The Morgan fingerprint density at radius 1 is 1.07 bits per heavy atom. The molecule has 144 valence electrons. The van der Waals surface area contributed by atoms with E-state index < -0.39 is 11.9 Å². The van der Waals surface area contributed by atoms with Crippen LogP contribution >= 0.6 is 0 Å². The molecule has 0 unspecified atom stereocenters. The number of anilines is 1. The molecule has 0 aliphatic carbocycles. The van der Waals surface area contributed by atoms with Gasteiger partial charge in [-0.15, -0.1) is 0 Å². The number of rotatable bonds is 5. The van der Waals surface area contributed by atoms with E-state index in [0.717, 1.165) is 5.56 Å². The Balaban J connectivity index is 1.87. The Morgan fingerprint density at radius 3 is 2.52 bits per heavy atom. The molecule has 6 nitrogen and oxygen atoms in total. The Hall–Kier alpha value is -4.11. The minimum absolute atomic E-state index is 0.0882. The molecule has 3 rings (SSSR count). The Kier molecular flexibility index (Phi) is 5.91. The van der Waals surface area contributed by atoms with Gasteiger partial charge in [0, 0.05) is 17.3 Å². The lowest BCUT2D eigenvalue weighted by Gasteiger charge is -2.07. The van der Waals surface area contributed by atoms with Gasteiger partial charge in [0.2, 0.25) is 0 Å².